The van der Waals surface area contributed by atoms with Crippen molar-refractivity contribution in [3.05, 3.63) is 41.5 Å². The molecule has 0 bridgehead atoms. The van der Waals surface area contributed by atoms with Crippen LogP contribution in [0.5, 0.6) is 5.75 Å². The molecule has 2 N–H and O–H groups in total. The summed E-state index contributed by atoms with van der Waals surface area (Å²) < 4.78 is 29.4. The van der Waals surface area contributed by atoms with Gasteiger partial charge in [-0.25, -0.2) is 13.2 Å². The van der Waals surface area contributed by atoms with Gasteiger partial charge >= 0.3 is 6.03 Å². The largest absolute Gasteiger partial charge is 0.497 e. The molecule has 132 valence electrons. The van der Waals surface area contributed by atoms with Crippen molar-refractivity contribution in [3.8, 4) is 5.75 Å². The highest BCUT2D eigenvalue weighted by Crippen LogP contribution is 2.40. The molecule has 1 aliphatic carbocycles. The highest BCUT2D eigenvalue weighted by Gasteiger charge is 2.24. The predicted octanol–water partition coefficient (Wildman–Crippen LogP) is 3.76. The molecular formula is C17H18N2O4S2. The Labute approximate surface area is 150 Å². The number of allylic oxidation sites excluding steroid dienone is 1. The number of rotatable bonds is 4. The van der Waals surface area contributed by atoms with E-state index in [0.29, 0.717) is 28.4 Å². The van der Waals surface area contributed by atoms with Crippen molar-refractivity contribution in [3.63, 3.8) is 0 Å². The fraction of sp³-hybridized carbons (Fsp3) is 0.235. The van der Waals surface area contributed by atoms with Crippen LogP contribution in [0.15, 0.2) is 34.6 Å². The van der Waals surface area contributed by atoms with Crippen molar-refractivity contribution in [2.45, 2.75) is 17.1 Å². The summed E-state index contributed by atoms with van der Waals surface area (Å²) in [7, 11) is -1.77. The lowest BCUT2D eigenvalue weighted by molar-refractivity contribution is 0.262. The maximum Gasteiger partial charge on any atom is 0.324 e. The van der Waals surface area contributed by atoms with Crippen molar-refractivity contribution in [1.29, 1.82) is 0 Å². The molecule has 1 aromatic carbocycles. The SMILES string of the molecule is COc1ccc(NC(=O)Nc2sc(S(C)(=O)=O)c3c2CCC=C3)cc1. The molecule has 25 heavy (non-hydrogen) atoms. The molecule has 1 aromatic heterocycles. The minimum Gasteiger partial charge on any atom is -0.497 e. The molecule has 0 aliphatic heterocycles. The topological polar surface area (TPSA) is 84.5 Å². The molecule has 1 aliphatic rings. The first-order chi connectivity index (χ1) is 11.9. The number of ether oxygens (including phenoxy) is 1. The zero-order valence-corrected chi connectivity index (χ0v) is 15.5. The summed E-state index contributed by atoms with van der Waals surface area (Å²) in [6.07, 6.45) is 6.48. The van der Waals surface area contributed by atoms with E-state index in [2.05, 4.69) is 10.6 Å². The summed E-state index contributed by atoms with van der Waals surface area (Å²) in [6.45, 7) is 0. The molecule has 3 rings (SSSR count). The number of anilines is 2. The predicted molar refractivity (Wildman–Crippen MR) is 100 cm³/mol. The Morgan fingerprint density at radius 3 is 2.56 bits per heavy atom. The zero-order valence-electron chi connectivity index (χ0n) is 13.8. The number of benzene rings is 1. The third kappa shape index (κ3) is 3.85. The average Bonchev–Trinajstić information content (AvgIpc) is 2.94. The Balaban J connectivity index is 1.81. The number of fused-ring (bicyclic) bond motifs is 1. The molecule has 2 amide bonds. The van der Waals surface area contributed by atoms with Gasteiger partial charge in [0, 0.05) is 17.5 Å². The Morgan fingerprint density at radius 1 is 1.20 bits per heavy atom. The van der Waals surface area contributed by atoms with Crippen LogP contribution < -0.4 is 15.4 Å². The minimum absolute atomic E-state index is 0.290. The van der Waals surface area contributed by atoms with Crippen molar-refractivity contribution in [2.24, 2.45) is 0 Å². The first-order valence-electron chi connectivity index (χ1n) is 7.63. The number of hydrogen-bond donors (Lipinski definition) is 2. The summed E-state index contributed by atoms with van der Waals surface area (Å²) in [5.41, 5.74) is 2.18. The second-order valence-electron chi connectivity index (χ2n) is 5.63. The Bertz CT molecular complexity index is 928. The van der Waals surface area contributed by atoms with E-state index >= 15 is 0 Å². The van der Waals surface area contributed by atoms with E-state index in [0.717, 1.165) is 23.3 Å². The van der Waals surface area contributed by atoms with Crippen LogP contribution >= 0.6 is 11.3 Å². The van der Waals surface area contributed by atoms with E-state index in [1.54, 1.807) is 31.4 Å². The molecule has 0 radical (unpaired) electrons. The standard InChI is InChI=1S/C17H18N2O4S2/c1-23-12-9-7-11(8-10-12)18-17(20)19-15-13-5-3-4-6-14(13)16(24-15)25(2,21)22/h4,6-10H,3,5H2,1-2H3,(H2,18,19,20). The van der Waals surface area contributed by atoms with Crippen LogP contribution in [0.3, 0.4) is 0 Å². The number of carbonyl (C=O) groups is 1. The maximum absolute atomic E-state index is 12.3. The lowest BCUT2D eigenvalue weighted by Gasteiger charge is -2.11. The van der Waals surface area contributed by atoms with E-state index in [1.165, 1.54) is 6.26 Å². The smallest absolute Gasteiger partial charge is 0.324 e. The first-order valence-corrected chi connectivity index (χ1v) is 10.3. The molecule has 0 spiro atoms. The highest BCUT2D eigenvalue weighted by molar-refractivity contribution is 7.93. The number of thiophene rings is 1. The minimum atomic E-state index is -3.34. The molecule has 0 saturated heterocycles. The van der Waals surface area contributed by atoms with Gasteiger partial charge in [0.25, 0.3) is 0 Å². The second kappa shape index (κ2) is 6.89. The second-order valence-corrected chi connectivity index (χ2v) is 8.86. The van der Waals surface area contributed by atoms with Crippen molar-refractivity contribution in [1.82, 2.24) is 0 Å². The van der Waals surface area contributed by atoms with Crippen LogP contribution in [-0.2, 0) is 16.3 Å². The van der Waals surface area contributed by atoms with Crippen LogP contribution in [0.4, 0.5) is 15.5 Å². The molecule has 0 atom stereocenters. The number of carbonyl (C=O) groups excluding carboxylic acids is 1. The molecule has 0 unspecified atom stereocenters. The molecule has 2 aromatic rings. The van der Waals surface area contributed by atoms with E-state index in [-0.39, 0.29) is 4.21 Å². The molecular weight excluding hydrogens is 360 g/mol. The number of amides is 2. The normalized spacial score (nSPS) is 13.2. The number of hydrogen-bond acceptors (Lipinski definition) is 5. The fourth-order valence-electron chi connectivity index (χ4n) is 2.62. The third-order valence-electron chi connectivity index (χ3n) is 3.77. The van der Waals surface area contributed by atoms with Gasteiger partial charge in [-0.05, 0) is 42.7 Å². The Kier molecular flexibility index (Phi) is 4.82. The maximum atomic E-state index is 12.3. The van der Waals surface area contributed by atoms with Crippen LogP contribution in [0.1, 0.15) is 17.5 Å². The van der Waals surface area contributed by atoms with E-state index in [9.17, 15) is 13.2 Å². The molecule has 0 fully saturated rings. The van der Waals surface area contributed by atoms with Gasteiger partial charge < -0.3 is 10.1 Å². The lowest BCUT2D eigenvalue weighted by Crippen LogP contribution is -2.19. The van der Waals surface area contributed by atoms with Gasteiger partial charge in [-0.3, -0.25) is 5.32 Å². The van der Waals surface area contributed by atoms with Gasteiger partial charge in [0.2, 0.25) is 0 Å². The number of urea groups is 1. The number of sulfone groups is 1. The summed E-state index contributed by atoms with van der Waals surface area (Å²) >= 11 is 1.10. The summed E-state index contributed by atoms with van der Waals surface area (Å²) in [4.78, 5) is 12.3. The molecule has 6 nitrogen and oxygen atoms in total. The summed E-state index contributed by atoms with van der Waals surface area (Å²) in [5.74, 6) is 0.697. The summed E-state index contributed by atoms with van der Waals surface area (Å²) in [6, 6.07) is 6.54. The van der Waals surface area contributed by atoms with Crippen molar-refractivity contribution >= 4 is 44.0 Å². The number of nitrogens with one attached hydrogen (secondary N) is 2. The van der Waals surface area contributed by atoms with Crippen LogP contribution in [0, 0.1) is 0 Å². The van der Waals surface area contributed by atoms with Crippen LogP contribution in [0.2, 0.25) is 0 Å². The van der Waals surface area contributed by atoms with Gasteiger partial charge in [-0.2, -0.15) is 0 Å². The third-order valence-corrected chi connectivity index (χ3v) is 6.78. The highest BCUT2D eigenvalue weighted by atomic mass is 32.2. The van der Waals surface area contributed by atoms with Crippen molar-refractivity contribution < 1.29 is 17.9 Å². The lowest BCUT2D eigenvalue weighted by atomic mass is 10.0. The Hall–Kier alpha value is -2.32. The van der Waals surface area contributed by atoms with Crippen molar-refractivity contribution in [2.75, 3.05) is 24.0 Å². The molecule has 0 saturated carbocycles. The van der Waals surface area contributed by atoms with Gasteiger partial charge in [0.15, 0.2) is 9.84 Å². The van der Waals surface area contributed by atoms with Gasteiger partial charge in [-0.15, -0.1) is 11.3 Å². The Morgan fingerprint density at radius 2 is 1.92 bits per heavy atom. The monoisotopic (exact) mass is 378 g/mol. The van der Waals surface area contributed by atoms with Gasteiger partial charge in [0.1, 0.15) is 15.0 Å². The fourth-order valence-corrected chi connectivity index (χ4v) is 5.03. The van der Waals surface area contributed by atoms with E-state index in [4.69, 9.17) is 4.74 Å². The van der Waals surface area contributed by atoms with Crippen LogP contribution in [-0.4, -0.2) is 27.8 Å². The molecule has 8 heteroatoms. The average molecular weight is 378 g/mol. The van der Waals surface area contributed by atoms with E-state index in [1.807, 2.05) is 12.2 Å². The van der Waals surface area contributed by atoms with Crippen LogP contribution in [0.25, 0.3) is 6.08 Å². The number of methoxy groups -OCH3 is 1. The zero-order chi connectivity index (χ0) is 18.0. The molecule has 1 heterocycles. The van der Waals surface area contributed by atoms with E-state index < -0.39 is 15.9 Å². The first kappa shape index (κ1) is 17.5. The van der Waals surface area contributed by atoms with Gasteiger partial charge in [0.05, 0.1) is 7.11 Å². The quantitative estimate of drug-likeness (QED) is 0.848. The summed E-state index contributed by atoms with van der Waals surface area (Å²) in [5, 5.41) is 6.08. The van der Waals surface area contributed by atoms with Gasteiger partial charge in [-0.1, -0.05) is 12.2 Å².